The van der Waals surface area contributed by atoms with Gasteiger partial charge in [0.2, 0.25) is 11.8 Å². The molecule has 7 heteroatoms. The van der Waals surface area contributed by atoms with E-state index in [0.717, 1.165) is 5.56 Å². The van der Waals surface area contributed by atoms with Crippen molar-refractivity contribution in [3.63, 3.8) is 0 Å². The number of rotatable bonds is 6. The van der Waals surface area contributed by atoms with Gasteiger partial charge in [0.05, 0.1) is 0 Å². The Bertz CT molecular complexity index is 763. The first-order chi connectivity index (χ1) is 11.9. The second-order valence-electron chi connectivity index (χ2n) is 5.72. The first-order valence-corrected chi connectivity index (χ1v) is 8.39. The predicted octanol–water partition coefficient (Wildman–Crippen LogP) is 4.31. The minimum atomic E-state index is -0.598. The average molecular weight is 381 g/mol. The van der Waals surface area contributed by atoms with E-state index in [0.29, 0.717) is 21.3 Å². The first kappa shape index (κ1) is 19.2. The third-order valence-corrected chi connectivity index (χ3v) is 4.29. The summed E-state index contributed by atoms with van der Waals surface area (Å²) < 4.78 is 0. The summed E-state index contributed by atoms with van der Waals surface area (Å²) in [5, 5.41) is 12.4. The van der Waals surface area contributed by atoms with Gasteiger partial charge in [-0.2, -0.15) is 0 Å². The quantitative estimate of drug-likeness (QED) is 0.515. The monoisotopic (exact) mass is 380 g/mol. The van der Waals surface area contributed by atoms with Crippen molar-refractivity contribution in [2.75, 3.05) is 5.32 Å². The second-order valence-corrected chi connectivity index (χ2v) is 6.56. The molecule has 0 spiro atoms. The van der Waals surface area contributed by atoms with Crippen LogP contribution in [0.3, 0.4) is 0 Å². The molecule has 0 saturated heterocycles. The SMILES string of the molecule is Cc1ccc(NC(=O)CC(CC(=O)NO)c2ccc(Cl)cc2Cl)cc1. The van der Waals surface area contributed by atoms with Gasteiger partial charge < -0.3 is 5.32 Å². The van der Waals surface area contributed by atoms with Crippen LogP contribution in [0.4, 0.5) is 5.69 Å². The molecule has 2 aromatic carbocycles. The molecule has 0 aliphatic rings. The summed E-state index contributed by atoms with van der Waals surface area (Å²) >= 11 is 12.1. The maximum Gasteiger partial charge on any atom is 0.243 e. The molecule has 2 rings (SSSR count). The number of aryl methyl sites for hydroxylation is 1. The van der Waals surface area contributed by atoms with Gasteiger partial charge in [-0.15, -0.1) is 0 Å². The lowest BCUT2D eigenvalue weighted by Gasteiger charge is -2.18. The Kier molecular flexibility index (Phi) is 6.82. The normalized spacial score (nSPS) is 11.7. The maximum atomic E-state index is 12.4. The van der Waals surface area contributed by atoms with E-state index >= 15 is 0 Å². The number of hydroxylamine groups is 1. The molecular formula is C18H18Cl2N2O3. The number of hydrogen-bond acceptors (Lipinski definition) is 3. The molecule has 1 atom stereocenters. The molecule has 0 fully saturated rings. The molecule has 25 heavy (non-hydrogen) atoms. The lowest BCUT2D eigenvalue weighted by molar-refractivity contribution is -0.129. The smallest absolute Gasteiger partial charge is 0.243 e. The molecule has 2 amide bonds. The van der Waals surface area contributed by atoms with Crippen molar-refractivity contribution in [3.05, 3.63) is 63.6 Å². The lowest BCUT2D eigenvalue weighted by Crippen LogP contribution is -2.24. The average Bonchev–Trinajstić information content (AvgIpc) is 2.56. The molecular weight excluding hydrogens is 363 g/mol. The topological polar surface area (TPSA) is 78.4 Å². The van der Waals surface area contributed by atoms with Crippen molar-refractivity contribution in [2.45, 2.75) is 25.7 Å². The molecule has 0 bridgehead atoms. The van der Waals surface area contributed by atoms with Crippen LogP contribution in [0, 0.1) is 6.92 Å². The highest BCUT2D eigenvalue weighted by molar-refractivity contribution is 6.35. The molecule has 3 N–H and O–H groups in total. The maximum absolute atomic E-state index is 12.4. The number of anilines is 1. The fourth-order valence-corrected chi connectivity index (χ4v) is 3.03. The standard InChI is InChI=1S/C18H18Cl2N2O3/c1-11-2-5-14(6-3-11)21-17(23)8-12(9-18(24)22-25)15-7-4-13(19)10-16(15)20/h2-7,10,12,25H,8-9H2,1H3,(H,21,23)(H,22,24). The zero-order valence-corrected chi connectivity index (χ0v) is 15.1. The van der Waals surface area contributed by atoms with Crippen LogP contribution >= 0.6 is 23.2 Å². The van der Waals surface area contributed by atoms with Crippen molar-refractivity contribution in [3.8, 4) is 0 Å². The summed E-state index contributed by atoms with van der Waals surface area (Å²) in [6.07, 6.45) is -0.0538. The molecule has 0 aliphatic carbocycles. The number of carbonyl (C=O) groups is 2. The summed E-state index contributed by atoms with van der Waals surface area (Å²) in [6.45, 7) is 1.96. The van der Waals surface area contributed by atoms with Crippen molar-refractivity contribution in [1.29, 1.82) is 0 Å². The van der Waals surface area contributed by atoms with E-state index < -0.39 is 11.8 Å². The number of benzene rings is 2. The van der Waals surface area contributed by atoms with Gasteiger partial charge in [-0.3, -0.25) is 14.8 Å². The van der Waals surface area contributed by atoms with Gasteiger partial charge in [0.1, 0.15) is 0 Å². The minimum Gasteiger partial charge on any atom is -0.326 e. The van der Waals surface area contributed by atoms with E-state index in [-0.39, 0.29) is 18.7 Å². The van der Waals surface area contributed by atoms with Crippen LogP contribution in [0.2, 0.25) is 10.0 Å². The Morgan fingerprint density at radius 3 is 2.28 bits per heavy atom. The van der Waals surface area contributed by atoms with Crippen LogP contribution in [-0.2, 0) is 9.59 Å². The Hall–Kier alpha value is -2.08. The molecule has 132 valence electrons. The molecule has 1 unspecified atom stereocenters. The van der Waals surface area contributed by atoms with Gasteiger partial charge in [0.25, 0.3) is 0 Å². The number of carbonyl (C=O) groups excluding carboxylic acids is 2. The van der Waals surface area contributed by atoms with E-state index in [1.807, 2.05) is 19.1 Å². The summed E-state index contributed by atoms with van der Waals surface area (Å²) in [5.41, 5.74) is 3.96. The zero-order valence-electron chi connectivity index (χ0n) is 13.6. The molecule has 0 radical (unpaired) electrons. The number of nitrogens with one attached hydrogen (secondary N) is 2. The van der Waals surface area contributed by atoms with E-state index in [1.54, 1.807) is 35.8 Å². The Labute approximate surface area is 155 Å². The van der Waals surface area contributed by atoms with Crippen LogP contribution in [-0.4, -0.2) is 17.0 Å². The fraction of sp³-hybridized carbons (Fsp3) is 0.222. The van der Waals surface area contributed by atoms with E-state index in [4.69, 9.17) is 28.4 Å². The summed E-state index contributed by atoms with van der Waals surface area (Å²) in [7, 11) is 0. The van der Waals surface area contributed by atoms with Gasteiger partial charge >= 0.3 is 0 Å². The molecule has 0 aliphatic heterocycles. The van der Waals surface area contributed by atoms with Gasteiger partial charge in [-0.1, -0.05) is 47.0 Å². The van der Waals surface area contributed by atoms with Crippen LogP contribution < -0.4 is 10.8 Å². The largest absolute Gasteiger partial charge is 0.326 e. The van der Waals surface area contributed by atoms with Gasteiger partial charge in [-0.25, -0.2) is 5.48 Å². The van der Waals surface area contributed by atoms with Gasteiger partial charge in [0, 0.05) is 34.5 Å². The van der Waals surface area contributed by atoms with Crippen LogP contribution in [0.5, 0.6) is 0 Å². The third-order valence-electron chi connectivity index (χ3n) is 3.73. The second kappa shape index (κ2) is 8.85. The lowest BCUT2D eigenvalue weighted by atomic mass is 9.91. The van der Waals surface area contributed by atoms with Crippen molar-refractivity contribution < 1.29 is 14.8 Å². The van der Waals surface area contributed by atoms with Crippen LogP contribution in [0.1, 0.15) is 29.9 Å². The first-order valence-electron chi connectivity index (χ1n) is 7.63. The van der Waals surface area contributed by atoms with Gasteiger partial charge in [-0.05, 0) is 36.8 Å². The number of amides is 2. The van der Waals surface area contributed by atoms with Crippen LogP contribution in [0.25, 0.3) is 0 Å². The number of halogens is 2. The Morgan fingerprint density at radius 1 is 1.04 bits per heavy atom. The van der Waals surface area contributed by atoms with Crippen molar-refractivity contribution >= 4 is 40.7 Å². The molecule has 0 heterocycles. The van der Waals surface area contributed by atoms with E-state index in [9.17, 15) is 9.59 Å². The van der Waals surface area contributed by atoms with Crippen LogP contribution in [0.15, 0.2) is 42.5 Å². The molecule has 5 nitrogen and oxygen atoms in total. The van der Waals surface area contributed by atoms with Crippen molar-refractivity contribution in [1.82, 2.24) is 5.48 Å². The molecule has 2 aromatic rings. The highest BCUT2D eigenvalue weighted by Crippen LogP contribution is 2.32. The molecule has 0 saturated carbocycles. The highest BCUT2D eigenvalue weighted by atomic mass is 35.5. The summed E-state index contributed by atoms with van der Waals surface area (Å²) in [4.78, 5) is 23.9. The summed E-state index contributed by atoms with van der Waals surface area (Å²) in [6, 6.07) is 12.3. The fourth-order valence-electron chi connectivity index (χ4n) is 2.47. The Balaban J connectivity index is 2.16. The summed E-state index contributed by atoms with van der Waals surface area (Å²) in [5.74, 6) is -1.35. The third kappa shape index (κ3) is 5.74. The Morgan fingerprint density at radius 2 is 1.68 bits per heavy atom. The van der Waals surface area contributed by atoms with Gasteiger partial charge in [0.15, 0.2) is 0 Å². The number of hydrogen-bond donors (Lipinski definition) is 3. The zero-order chi connectivity index (χ0) is 18.4. The molecule has 0 aromatic heterocycles. The highest BCUT2D eigenvalue weighted by Gasteiger charge is 2.22. The van der Waals surface area contributed by atoms with E-state index in [2.05, 4.69) is 5.32 Å². The predicted molar refractivity (Wildman–Crippen MR) is 98.2 cm³/mol. The van der Waals surface area contributed by atoms with Crippen molar-refractivity contribution in [2.24, 2.45) is 0 Å². The van der Waals surface area contributed by atoms with E-state index in [1.165, 1.54) is 0 Å². The minimum absolute atomic E-state index is 0.0304.